The second kappa shape index (κ2) is 10.8. The Morgan fingerprint density at radius 3 is 1.98 bits per heavy atom. The number of halogens is 1. The summed E-state index contributed by atoms with van der Waals surface area (Å²) in [7, 11) is 0. The molecular formula is C35H22BrN5. The Labute approximate surface area is 245 Å². The monoisotopic (exact) mass is 591 g/mol. The van der Waals surface area contributed by atoms with E-state index in [1.165, 1.54) is 0 Å². The molecule has 3 aromatic carbocycles. The van der Waals surface area contributed by atoms with Crippen LogP contribution in [-0.4, -0.2) is 24.9 Å². The van der Waals surface area contributed by atoms with Crippen molar-refractivity contribution in [1.82, 2.24) is 24.9 Å². The van der Waals surface area contributed by atoms with E-state index in [4.69, 9.17) is 9.97 Å². The van der Waals surface area contributed by atoms with Gasteiger partial charge in [-0.2, -0.15) is 0 Å². The third-order valence-electron chi connectivity index (χ3n) is 6.97. The number of pyridine rings is 3. The average Bonchev–Trinajstić information content (AvgIpc) is 3.05. The normalized spacial score (nSPS) is 11.0. The molecule has 0 saturated carbocycles. The maximum absolute atomic E-state index is 5.07. The van der Waals surface area contributed by atoms with Gasteiger partial charge in [0.2, 0.25) is 0 Å². The minimum atomic E-state index is 0.657. The fraction of sp³-hybridized carbons (Fsp3) is 0. The average molecular weight is 593 g/mol. The summed E-state index contributed by atoms with van der Waals surface area (Å²) in [5.41, 5.74) is 9.90. The minimum Gasteiger partial charge on any atom is -0.265 e. The van der Waals surface area contributed by atoms with Crippen LogP contribution in [0.15, 0.2) is 139 Å². The zero-order valence-corrected chi connectivity index (χ0v) is 23.4. The first kappa shape index (κ1) is 24.9. The van der Waals surface area contributed by atoms with E-state index in [2.05, 4.69) is 97.6 Å². The smallest absolute Gasteiger partial charge is 0.160 e. The number of nitrogens with zero attached hydrogens (tertiary/aromatic N) is 5. The van der Waals surface area contributed by atoms with E-state index in [1.54, 1.807) is 24.8 Å². The molecule has 5 nitrogen and oxygen atoms in total. The van der Waals surface area contributed by atoms with Crippen LogP contribution in [0.25, 0.3) is 67.1 Å². The quantitative estimate of drug-likeness (QED) is 0.200. The highest BCUT2D eigenvalue weighted by Crippen LogP contribution is 2.33. The molecule has 7 rings (SSSR count). The van der Waals surface area contributed by atoms with Gasteiger partial charge in [-0.1, -0.05) is 52.3 Å². The first-order chi connectivity index (χ1) is 20.2. The van der Waals surface area contributed by atoms with E-state index in [-0.39, 0.29) is 0 Å². The van der Waals surface area contributed by atoms with Crippen LogP contribution in [-0.2, 0) is 0 Å². The van der Waals surface area contributed by atoms with E-state index >= 15 is 0 Å². The van der Waals surface area contributed by atoms with E-state index in [0.717, 1.165) is 65.7 Å². The second-order valence-corrected chi connectivity index (χ2v) is 10.6. The molecule has 194 valence electrons. The van der Waals surface area contributed by atoms with Crippen LogP contribution in [0, 0.1) is 0 Å². The van der Waals surface area contributed by atoms with Gasteiger partial charge in [0.25, 0.3) is 0 Å². The maximum atomic E-state index is 5.07. The molecule has 0 radical (unpaired) electrons. The third kappa shape index (κ3) is 5.25. The summed E-state index contributed by atoms with van der Waals surface area (Å²) < 4.78 is 0.973. The van der Waals surface area contributed by atoms with Crippen molar-refractivity contribution in [1.29, 1.82) is 0 Å². The Bertz CT molecular complexity index is 1990. The first-order valence-electron chi connectivity index (χ1n) is 13.2. The lowest BCUT2D eigenvalue weighted by Gasteiger charge is -2.12. The lowest BCUT2D eigenvalue weighted by Crippen LogP contribution is -1.96. The first-order valence-corrected chi connectivity index (χ1v) is 14.0. The molecular weight excluding hydrogens is 570 g/mol. The largest absolute Gasteiger partial charge is 0.265 e. The van der Waals surface area contributed by atoms with Crippen molar-refractivity contribution in [3.05, 3.63) is 139 Å². The molecule has 0 atom stereocenters. The van der Waals surface area contributed by atoms with Gasteiger partial charge in [-0.3, -0.25) is 15.0 Å². The molecule has 0 amide bonds. The Balaban J connectivity index is 1.38. The van der Waals surface area contributed by atoms with Gasteiger partial charge >= 0.3 is 0 Å². The highest BCUT2D eigenvalue weighted by Gasteiger charge is 2.13. The number of rotatable bonds is 5. The topological polar surface area (TPSA) is 64.5 Å². The highest BCUT2D eigenvalue weighted by molar-refractivity contribution is 9.10. The summed E-state index contributed by atoms with van der Waals surface area (Å²) >= 11 is 3.72. The molecule has 6 heteroatoms. The molecule has 0 aliphatic carbocycles. The third-order valence-corrected chi connectivity index (χ3v) is 7.43. The summed E-state index contributed by atoms with van der Waals surface area (Å²) in [5.74, 6) is 0.657. The van der Waals surface area contributed by atoms with Gasteiger partial charge in [0.1, 0.15) is 0 Å². The van der Waals surface area contributed by atoms with Gasteiger partial charge in [-0.25, -0.2) is 9.97 Å². The van der Waals surface area contributed by atoms with Gasteiger partial charge in [0.05, 0.1) is 16.9 Å². The Hall–Kier alpha value is -5.07. The molecule has 0 N–H and O–H groups in total. The number of fused-ring (bicyclic) bond motifs is 1. The van der Waals surface area contributed by atoms with E-state index < -0.39 is 0 Å². The van der Waals surface area contributed by atoms with E-state index in [1.807, 2.05) is 42.6 Å². The molecule has 41 heavy (non-hydrogen) atoms. The van der Waals surface area contributed by atoms with Crippen LogP contribution >= 0.6 is 15.9 Å². The lowest BCUT2D eigenvalue weighted by molar-refractivity contribution is 1.18. The molecule has 0 spiro atoms. The molecule has 4 heterocycles. The summed E-state index contributed by atoms with van der Waals surface area (Å²) in [6.45, 7) is 0. The molecule has 0 aliphatic rings. The van der Waals surface area contributed by atoms with Crippen molar-refractivity contribution in [2.24, 2.45) is 0 Å². The van der Waals surface area contributed by atoms with Crippen molar-refractivity contribution < 1.29 is 0 Å². The molecule has 0 fully saturated rings. The van der Waals surface area contributed by atoms with Crippen molar-refractivity contribution in [3.63, 3.8) is 0 Å². The van der Waals surface area contributed by atoms with Crippen LogP contribution in [0.4, 0.5) is 0 Å². The number of hydrogen-bond acceptors (Lipinski definition) is 5. The van der Waals surface area contributed by atoms with Gasteiger partial charge in [0.15, 0.2) is 5.82 Å². The molecule has 4 aromatic heterocycles. The van der Waals surface area contributed by atoms with Crippen molar-refractivity contribution in [2.45, 2.75) is 0 Å². The number of benzene rings is 3. The molecule has 0 bridgehead atoms. The maximum Gasteiger partial charge on any atom is 0.160 e. The van der Waals surface area contributed by atoms with Crippen LogP contribution in [0.3, 0.4) is 0 Å². The Morgan fingerprint density at radius 2 is 1.17 bits per heavy atom. The summed E-state index contributed by atoms with van der Waals surface area (Å²) in [6, 6.07) is 35.0. The molecule has 7 aromatic rings. The molecule has 0 saturated heterocycles. The van der Waals surface area contributed by atoms with Crippen molar-refractivity contribution in [3.8, 4) is 56.2 Å². The lowest BCUT2D eigenvalue weighted by atomic mass is 10.0. The number of aromatic nitrogens is 5. The van der Waals surface area contributed by atoms with Gasteiger partial charge in [0, 0.05) is 57.5 Å². The SMILES string of the molecule is Brc1cc(-c2ccncc2)cc(-c2cc(-c3ccc(-c4cccnc4)cc3)nc(-c3ccc4ncccc4c3)n2)c1. The highest BCUT2D eigenvalue weighted by atomic mass is 79.9. The summed E-state index contributed by atoms with van der Waals surface area (Å²) in [5, 5.41) is 1.05. The fourth-order valence-corrected chi connectivity index (χ4v) is 5.40. The van der Waals surface area contributed by atoms with Crippen LogP contribution in [0.1, 0.15) is 0 Å². The molecule has 0 unspecified atom stereocenters. The van der Waals surface area contributed by atoms with Gasteiger partial charge in [-0.15, -0.1) is 0 Å². The standard InChI is InChI=1S/C35H22BrN5/c36-31-19-29(24-11-15-37-16-12-24)18-30(20-31)34-21-33(25-7-5-23(6-8-25)28-4-1-13-38-22-28)40-35(41-34)27-9-10-32-26(17-27)3-2-14-39-32/h1-22H. The summed E-state index contributed by atoms with van der Waals surface area (Å²) in [4.78, 5) is 23.0. The fourth-order valence-electron chi connectivity index (χ4n) is 4.90. The van der Waals surface area contributed by atoms with Crippen molar-refractivity contribution in [2.75, 3.05) is 0 Å². The van der Waals surface area contributed by atoms with E-state index in [0.29, 0.717) is 5.82 Å². The summed E-state index contributed by atoms with van der Waals surface area (Å²) in [6.07, 6.45) is 9.08. The number of hydrogen-bond donors (Lipinski definition) is 0. The predicted molar refractivity (Wildman–Crippen MR) is 168 cm³/mol. The zero-order valence-electron chi connectivity index (χ0n) is 21.8. The Kier molecular flexibility index (Phi) is 6.59. The van der Waals surface area contributed by atoms with Crippen LogP contribution in [0.5, 0.6) is 0 Å². The van der Waals surface area contributed by atoms with Crippen molar-refractivity contribution >= 4 is 26.8 Å². The molecule has 0 aliphatic heterocycles. The zero-order chi connectivity index (χ0) is 27.6. The van der Waals surface area contributed by atoms with Gasteiger partial charge in [-0.05, 0) is 89.0 Å². The minimum absolute atomic E-state index is 0.657. The second-order valence-electron chi connectivity index (χ2n) is 9.66. The van der Waals surface area contributed by atoms with Gasteiger partial charge < -0.3 is 0 Å². The van der Waals surface area contributed by atoms with Crippen LogP contribution in [0.2, 0.25) is 0 Å². The predicted octanol–water partition coefficient (Wildman–Crippen LogP) is 8.91. The van der Waals surface area contributed by atoms with Crippen LogP contribution < -0.4 is 0 Å². The van der Waals surface area contributed by atoms with E-state index in [9.17, 15) is 0 Å². The Morgan fingerprint density at radius 1 is 0.463 bits per heavy atom.